The van der Waals surface area contributed by atoms with Crippen molar-refractivity contribution in [3.63, 3.8) is 0 Å². The topological polar surface area (TPSA) is 103 Å². The Balaban J connectivity index is 1.56. The van der Waals surface area contributed by atoms with Crippen molar-refractivity contribution in [3.8, 4) is 5.75 Å². The van der Waals surface area contributed by atoms with Crippen LogP contribution in [-0.2, 0) is 5.54 Å². The SMILES string of the molecule is Cc1cc2cc([C@H](c3nnnn3C(C)(C)C)N3CCN(c4ccc(O)cc4)CC3)c(=O)[nH]c2cc1C. The smallest absolute Gasteiger partial charge is 0.253 e. The van der Waals surface area contributed by atoms with Crippen molar-refractivity contribution in [2.45, 2.75) is 46.2 Å². The molecule has 0 unspecified atom stereocenters. The summed E-state index contributed by atoms with van der Waals surface area (Å²) in [6.45, 7) is 13.3. The zero-order valence-corrected chi connectivity index (χ0v) is 21.5. The largest absolute Gasteiger partial charge is 0.508 e. The molecule has 2 aromatic heterocycles. The average Bonchev–Trinajstić information content (AvgIpc) is 3.32. The number of aromatic amines is 1. The zero-order valence-electron chi connectivity index (χ0n) is 21.5. The van der Waals surface area contributed by atoms with Crippen LogP contribution in [0.25, 0.3) is 10.9 Å². The van der Waals surface area contributed by atoms with Crippen LogP contribution >= 0.6 is 0 Å². The Bertz CT molecular complexity index is 1440. The molecule has 5 rings (SSSR count). The summed E-state index contributed by atoms with van der Waals surface area (Å²) < 4.78 is 1.83. The minimum absolute atomic E-state index is 0.125. The Morgan fingerprint density at radius 1 is 0.972 bits per heavy atom. The van der Waals surface area contributed by atoms with Crippen LogP contribution < -0.4 is 10.5 Å². The van der Waals surface area contributed by atoms with Gasteiger partial charge in [0.1, 0.15) is 11.8 Å². The number of pyridine rings is 1. The number of phenols is 1. The molecule has 2 aromatic carbocycles. The van der Waals surface area contributed by atoms with E-state index in [9.17, 15) is 9.90 Å². The van der Waals surface area contributed by atoms with Gasteiger partial charge in [0.15, 0.2) is 5.82 Å². The van der Waals surface area contributed by atoms with E-state index in [-0.39, 0.29) is 16.8 Å². The molecule has 4 aromatic rings. The monoisotopic (exact) mass is 487 g/mol. The molecule has 1 aliphatic heterocycles. The lowest BCUT2D eigenvalue weighted by Gasteiger charge is -2.40. The first-order valence-electron chi connectivity index (χ1n) is 12.3. The molecule has 0 amide bonds. The Hall–Kier alpha value is -3.72. The van der Waals surface area contributed by atoms with Crippen molar-refractivity contribution in [2.24, 2.45) is 0 Å². The van der Waals surface area contributed by atoms with Gasteiger partial charge in [0.05, 0.1) is 5.54 Å². The molecular weight excluding hydrogens is 454 g/mol. The lowest BCUT2D eigenvalue weighted by molar-refractivity contribution is 0.190. The van der Waals surface area contributed by atoms with Gasteiger partial charge < -0.3 is 15.0 Å². The Morgan fingerprint density at radius 2 is 1.64 bits per heavy atom. The first kappa shape index (κ1) is 24.0. The van der Waals surface area contributed by atoms with E-state index in [1.807, 2.05) is 28.9 Å². The van der Waals surface area contributed by atoms with E-state index in [2.05, 4.69) is 71.0 Å². The number of H-pyrrole nitrogens is 1. The Kier molecular flexibility index (Phi) is 6.04. The maximum absolute atomic E-state index is 13.5. The summed E-state index contributed by atoms with van der Waals surface area (Å²) in [4.78, 5) is 21.2. The number of hydrogen-bond acceptors (Lipinski definition) is 7. The van der Waals surface area contributed by atoms with Gasteiger partial charge in [-0.05, 0) is 104 Å². The molecule has 1 fully saturated rings. The first-order chi connectivity index (χ1) is 17.1. The summed E-state index contributed by atoms with van der Waals surface area (Å²) in [6.07, 6.45) is 0. The number of fused-ring (bicyclic) bond motifs is 1. The van der Waals surface area contributed by atoms with Gasteiger partial charge in [-0.1, -0.05) is 0 Å². The van der Waals surface area contributed by atoms with Gasteiger partial charge in [-0.2, -0.15) is 0 Å². The molecule has 9 nitrogen and oxygen atoms in total. The molecule has 0 aliphatic carbocycles. The van der Waals surface area contributed by atoms with E-state index in [0.29, 0.717) is 11.4 Å². The minimum Gasteiger partial charge on any atom is -0.508 e. The molecule has 2 N–H and O–H groups in total. The highest BCUT2D eigenvalue weighted by atomic mass is 16.3. The number of benzene rings is 2. The van der Waals surface area contributed by atoms with Crippen molar-refractivity contribution in [1.82, 2.24) is 30.1 Å². The van der Waals surface area contributed by atoms with E-state index in [0.717, 1.165) is 48.3 Å². The number of phenolic OH excluding ortho intramolecular Hbond substituents is 1. The number of piperazine rings is 1. The number of nitrogens with zero attached hydrogens (tertiary/aromatic N) is 6. The summed E-state index contributed by atoms with van der Waals surface area (Å²) in [5.41, 5.74) is 4.39. The molecule has 1 saturated heterocycles. The van der Waals surface area contributed by atoms with Crippen LogP contribution in [0.5, 0.6) is 5.75 Å². The van der Waals surface area contributed by atoms with Crippen LogP contribution in [-0.4, -0.2) is 61.4 Å². The third kappa shape index (κ3) is 4.46. The number of aryl methyl sites for hydroxylation is 2. The van der Waals surface area contributed by atoms with E-state index in [1.54, 1.807) is 12.1 Å². The van der Waals surface area contributed by atoms with E-state index in [4.69, 9.17) is 0 Å². The van der Waals surface area contributed by atoms with Crippen molar-refractivity contribution in [3.05, 3.63) is 75.3 Å². The second-order valence-corrected chi connectivity index (χ2v) is 10.6. The standard InChI is InChI=1S/C27H33N7O2/c1-17-14-19-16-22(26(36)28-23(19)15-18(17)2)24(25-29-30-31-34(25)27(3,4)5)33-12-10-32(11-13-33)20-6-8-21(35)9-7-20/h6-9,14-16,24,35H,10-13H2,1-5H3,(H,28,36)/t24-/m1/s1. The molecule has 1 aliphatic rings. The Morgan fingerprint density at radius 3 is 2.31 bits per heavy atom. The van der Waals surface area contributed by atoms with Gasteiger partial charge >= 0.3 is 0 Å². The van der Waals surface area contributed by atoms with E-state index in [1.165, 1.54) is 5.56 Å². The number of nitrogens with one attached hydrogen (secondary N) is 1. The summed E-state index contributed by atoms with van der Waals surface area (Å²) in [6, 6.07) is 13.0. The van der Waals surface area contributed by atoms with Crippen molar-refractivity contribution in [1.29, 1.82) is 0 Å². The lowest BCUT2D eigenvalue weighted by atomic mass is 9.99. The van der Waals surface area contributed by atoms with Gasteiger partial charge in [-0.15, -0.1) is 5.10 Å². The third-order valence-electron chi connectivity index (χ3n) is 7.05. The lowest BCUT2D eigenvalue weighted by Crippen LogP contribution is -2.49. The summed E-state index contributed by atoms with van der Waals surface area (Å²) in [5.74, 6) is 0.918. The second-order valence-electron chi connectivity index (χ2n) is 10.6. The van der Waals surface area contributed by atoms with Gasteiger partial charge in [-0.25, -0.2) is 4.68 Å². The highest BCUT2D eigenvalue weighted by molar-refractivity contribution is 5.81. The predicted molar refractivity (Wildman–Crippen MR) is 141 cm³/mol. The first-order valence-corrected chi connectivity index (χ1v) is 12.3. The molecule has 0 radical (unpaired) electrons. The molecule has 0 saturated carbocycles. The number of hydrogen-bond donors (Lipinski definition) is 2. The molecule has 3 heterocycles. The molecule has 0 spiro atoms. The van der Waals surface area contributed by atoms with Crippen molar-refractivity contribution in [2.75, 3.05) is 31.1 Å². The Labute approximate surface area is 210 Å². The normalized spacial score (nSPS) is 16.0. The van der Waals surface area contributed by atoms with Crippen LogP contribution in [0.1, 0.15) is 49.3 Å². The van der Waals surface area contributed by atoms with Gasteiger partial charge in [0.2, 0.25) is 0 Å². The van der Waals surface area contributed by atoms with E-state index < -0.39 is 6.04 Å². The quantitative estimate of drug-likeness (QED) is 0.454. The fourth-order valence-corrected chi connectivity index (χ4v) is 4.94. The predicted octanol–water partition coefficient (Wildman–Crippen LogP) is 3.50. The van der Waals surface area contributed by atoms with Crippen LogP contribution in [0.3, 0.4) is 0 Å². The number of aromatic hydroxyl groups is 1. The molecular formula is C27H33N7O2. The molecule has 1 atom stereocenters. The number of rotatable bonds is 4. The summed E-state index contributed by atoms with van der Waals surface area (Å²) >= 11 is 0. The summed E-state index contributed by atoms with van der Waals surface area (Å²) in [5, 5.41) is 23.4. The molecule has 36 heavy (non-hydrogen) atoms. The number of anilines is 1. The molecule has 188 valence electrons. The number of tetrazole rings is 1. The van der Waals surface area contributed by atoms with Crippen LogP contribution in [0.4, 0.5) is 5.69 Å². The van der Waals surface area contributed by atoms with E-state index >= 15 is 0 Å². The maximum Gasteiger partial charge on any atom is 0.253 e. The maximum atomic E-state index is 13.5. The third-order valence-corrected chi connectivity index (χ3v) is 7.05. The van der Waals surface area contributed by atoms with Crippen LogP contribution in [0.2, 0.25) is 0 Å². The average molecular weight is 488 g/mol. The zero-order chi connectivity index (χ0) is 25.6. The highest BCUT2D eigenvalue weighted by Crippen LogP contribution is 2.31. The highest BCUT2D eigenvalue weighted by Gasteiger charge is 2.35. The van der Waals surface area contributed by atoms with Gasteiger partial charge in [0.25, 0.3) is 5.56 Å². The van der Waals surface area contributed by atoms with Crippen LogP contribution in [0, 0.1) is 13.8 Å². The molecule has 0 bridgehead atoms. The minimum atomic E-state index is -0.393. The van der Waals surface area contributed by atoms with Crippen LogP contribution in [0.15, 0.2) is 47.3 Å². The van der Waals surface area contributed by atoms with Crippen molar-refractivity contribution < 1.29 is 5.11 Å². The van der Waals surface area contributed by atoms with Gasteiger partial charge in [0, 0.05) is 42.9 Å². The summed E-state index contributed by atoms with van der Waals surface area (Å²) in [7, 11) is 0. The fraction of sp³-hybridized carbons (Fsp3) is 0.407. The number of aromatic nitrogens is 5. The molecule has 9 heteroatoms. The van der Waals surface area contributed by atoms with Gasteiger partial charge in [-0.3, -0.25) is 9.69 Å². The van der Waals surface area contributed by atoms with Crippen molar-refractivity contribution >= 4 is 16.6 Å². The second kappa shape index (κ2) is 9.05. The fourth-order valence-electron chi connectivity index (χ4n) is 4.94.